The van der Waals surface area contributed by atoms with E-state index in [2.05, 4.69) is 0 Å². The van der Waals surface area contributed by atoms with Crippen LogP contribution in [-0.2, 0) is 14.8 Å². The van der Waals surface area contributed by atoms with Gasteiger partial charge >= 0.3 is 5.97 Å². The number of halogens is 1. The maximum absolute atomic E-state index is 12.6. The summed E-state index contributed by atoms with van der Waals surface area (Å²) in [4.78, 5) is 12.3. The van der Waals surface area contributed by atoms with Gasteiger partial charge in [0, 0.05) is 13.1 Å². The van der Waals surface area contributed by atoms with Crippen LogP contribution >= 0.6 is 11.6 Å². The van der Waals surface area contributed by atoms with E-state index < -0.39 is 16.0 Å². The fourth-order valence-electron chi connectivity index (χ4n) is 2.79. The molecule has 0 saturated carbocycles. The molecule has 8 heteroatoms. The lowest BCUT2D eigenvalue weighted by atomic mass is 10.2. The fraction of sp³-hybridized carbons (Fsp3) is 0.316. The lowest BCUT2D eigenvalue weighted by Crippen LogP contribution is -2.28. The first-order valence-corrected chi connectivity index (χ1v) is 10.4. The molecule has 0 unspecified atom stereocenters. The Morgan fingerprint density at radius 3 is 2.44 bits per heavy atom. The molecule has 0 N–H and O–H groups in total. The van der Waals surface area contributed by atoms with Crippen molar-refractivity contribution in [1.82, 2.24) is 4.31 Å². The topological polar surface area (TPSA) is 72.9 Å². The SMILES string of the molecule is O=C(OCCOc1ccccc1)c1cc(S(=O)(=O)N2CCCC2)ccc1Cl. The Hall–Kier alpha value is -2.09. The van der Waals surface area contributed by atoms with Gasteiger partial charge in [-0.15, -0.1) is 0 Å². The number of carbonyl (C=O) groups is 1. The number of hydrogen-bond acceptors (Lipinski definition) is 5. The van der Waals surface area contributed by atoms with Gasteiger partial charge in [-0.1, -0.05) is 29.8 Å². The average Bonchev–Trinajstić information content (AvgIpc) is 3.22. The summed E-state index contributed by atoms with van der Waals surface area (Å²) in [6.45, 7) is 1.18. The van der Waals surface area contributed by atoms with Crippen LogP contribution in [0.25, 0.3) is 0 Å². The molecule has 1 aliphatic rings. The standard InChI is InChI=1S/C19H20ClNO5S/c20-18-9-8-16(27(23,24)21-10-4-5-11-21)14-17(18)19(22)26-13-12-25-15-6-2-1-3-7-15/h1-3,6-9,14H,4-5,10-13H2. The van der Waals surface area contributed by atoms with Crippen LogP contribution in [0, 0.1) is 0 Å². The molecule has 0 aliphatic carbocycles. The summed E-state index contributed by atoms with van der Waals surface area (Å²) < 4.78 is 37.3. The number of nitrogens with zero attached hydrogens (tertiary/aromatic N) is 1. The van der Waals surface area contributed by atoms with Gasteiger partial charge in [0.25, 0.3) is 0 Å². The van der Waals surface area contributed by atoms with Gasteiger partial charge in [-0.25, -0.2) is 13.2 Å². The van der Waals surface area contributed by atoms with E-state index in [-0.39, 0.29) is 28.7 Å². The fourth-order valence-corrected chi connectivity index (χ4v) is 4.53. The lowest BCUT2D eigenvalue weighted by molar-refractivity contribution is 0.0450. The van der Waals surface area contributed by atoms with Crippen LogP contribution in [0.4, 0.5) is 0 Å². The van der Waals surface area contributed by atoms with Crippen molar-refractivity contribution in [2.24, 2.45) is 0 Å². The molecule has 2 aromatic carbocycles. The quantitative estimate of drug-likeness (QED) is 0.518. The van der Waals surface area contributed by atoms with E-state index in [1.807, 2.05) is 18.2 Å². The Kier molecular flexibility index (Phi) is 6.36. The average molecular weight is 410 g/mol. The Morgan fingerprint density at radius 1 is 1.04 bits per heavy atom. The largest absolute Gasteiger partial charge is 0.490 e. The minimum atomic E-state index is -3.63. The molecule has 0 bridgehead atoms. The Bertz CT molecular complexity index is 896. The lowest BCUT2D eigenvalue weighted by Gasteiger charge is -2.16. The molecule has 1 saturated heterocycles. The van der Waals surface area contributed by atoms with Crippen LogP contribution in [-0.4, -0.2) is 45.0 Å². The maximum atomic E-state index is 12.6. The van der Waals surface area contributed by atoms with Crippen molar-refractivity contribution in [2.45, 2.75) is 17.7 Å². The molecule has 6 nitrogen and oxygen atoms in total. The molecule has 1 fully saturated rings. The summed E-state index contributed by atoms with van der Waals surface area (Å²) in [5.41, 5.74) is 0.0247. The van der Waals surface area contributed by atoms with Gasteiger partial charge in [0.15, 0.2) is 0 Å². The van der Waals surface area contributed by atoms with E-state index in [1.54, 1.807) is 12.1 Å². The molecule has 0 spiro atoms. The third kappa shape index (κ3) is 4.80. The van der Waals surface area contributed by atoms with Crippen LogP contribution in [0.1, 0.15) is 23.2 Å². The molecular weight excluding hydrogens is 390 g/mol. The molecule has 27 heavy (non-hydrogen) atoms. The first kappa shape index (κ1) is 19.7. The van der Waals surface area contributed by atoms with Gasteiger partial charge in [0.05, 0.1) is 15.5 Å². The second kappa shape index (κ2) is 8.73. The molecule has 2 aromatic rings. The Morgan fingerprint density at radius 2 is 1.74 bits per heavy atom. The zero-order chi connectivity index (χ0) is 19.3. The first-order valence-electron chi connectivity index (χ1n) is 8.63. The third-order valence-corrected chi connectivity index (χ3v) is 6.41. The van der Waals surface area contributed by atoms with Crippen LogP contribution in [0.5, 0.6) is 5.75 Å². The smallest absolute Gasteiger partial charge is 0.339 e. The van der Waals surface area contributed by atoms with Crippen LogP contribution < -0.4 is 4.74 Å². The van der Waals surface area contributed by atoms with Crippen molar-refractivity contribution in [3.63, 3.8) is 0 Å². The van der Waals surface area contributed by atoms with Gasteiger partial charge in [-0.2, -0.15) is 4.31 Å². The third-order valence-electron chi connectivity index (χ3n) is 4.19. The van der Waals surface area contributed by atoms with Crippen molar-refractivity contribution in [1.29, 1.82) is 0 Å². The predicted molar refractivity (Wildman–Crippen MR) is 102 cm³/mol. The molecular formula is C19H20ClNO5S. The Labute approximate surface area is 163 Å². The molecule has 3 rings (SSSR count). The summed E-state index contributed by atoms with van der Waals surface area (Å²) in [6.07, 6.45) is 1.67. The monoisotopic (exact) mass is 409 g/mol. The number of benzene rings is 2. The highest BCUT2D eigenvalue weighted by Gasteiger charge is 2.28. The van der Waals surface area contributed by atoms with Crippen molar-refractivity contribution in [3.8, 4) is 5.75 Å². The predicted octanol–water partition coefficient (Wildman–Crippen LogP) is 3.36. The van der Waals surface area contributed by atoms with Crippen molar-refractivity contribution in [3.05, 3.63) is 59.1 Å². The van der Waals surface area contributed by atoms with E-state index >= 15 is 0 Å². The van der Waals surface area contributed by atoms with Gasteiger partial charge < -0.3 is 9.47 Å². The summed E-state index contributed by atoms with van der Waals surface area (Å²) in [7, 11) is -3.63. The van der Waals surface area contributed by atoms with Gasteiger partial charge in [-0.3, -0.25) is 0 Å². The maximum Gasteiger partial charge on any atom is 0.339 e. The molecule has 0 amide bonds. The second-order valence-corrected chi connectivity index (χ2v) is 8.40. The zero-order valence-electron chi connectivity index (χ0n) is 14.6. The number of hydrogen-bond donors (Lipinski definition) is 0. The van der Waals surface area contributed by atoms with Gasteiger partial charge in [-0.05, 0) is 43.2 Å². The summed E-state index contributed by atoms with van der Waals surface area (Å²) in [5, 5.41) is 0.143. The summed E-state index contributed by atoms with van der Waals surface area (Å²) in [6, 6.07) is 13.2. The molecule has 0 aromatic heterocycles. The molecule has 1 heterocycles. The van der Waals surface area contributed by atoms with Crippen molar-refractivity contribution >= 4 is 27.6 Å². The number of rotatable bonds is 7. The molecule has 144 valence electrons. The second-order valence-electron chi connectivity index (χ2n) is 6.05. The highest BCUT2D eigenvalue weighted by atomic mass is 35.5. The number of para-hydroxylation sites is 1. The molecule has 0 radical (unpaired) electrons. The number of esters is 1. The highest BCUT2D eigenvalue weighted by molar-refractivity contribution is 7.89. The number of carbonyl (C=O) groups excluding carboxylic acids is 1. The molecule has 0 atom stereocenters. The van der Waals surface area contributed by atoms with Crippen LogP contribution in [0.15, 0.2) is 53.4 Å². The van der Waals surface area contributed by atoms with Crippen molar-refractivity contribution < 1.29 is 22.7 Å². The first-order chi connectivity index (χ1) is 13.0. The van der Waals surface area contributed by atoms with E-state index in [0.29, 0.717) is 18.8 Å². The van der Waals surface area contributed by atoms with Gasteiger partial charge in [0.2, 0.25) is 10.0 Å². The number of ether oxygens (including phenoxy) is 2. The van der Waals surface area contributed by atoms with Crippen molar-refractivity contribution in [2.75, 3.05) is 26.3 Å². The highest BCUT2D eigenvalue weighted by Crippen LogP contribution is 2.25. The van der Waals surface area contributed by atoms with Crippen LogP contribution in [0.2, 0.25) is 5.02 Å². The normalized spacial score (nSPS) is 14.9. The van der Waals surface area contributed by atoms with E-state index in [0.717, 1.165) is 12.8 Å². The summed E-state index contributed by atoms with van der Waals surface area (Å²) in [5.74, 6) is -0.0135. The Balaban J connectivity index is 1.64. The minimum absolute atomic E-state index is 0.0210. The van der Waals surface area contributed by atoms with E-state index in [9.17, 15) is 13.2 Å². The van der Waals surface area contributed by atoms with E-state index in [1.165, 1.54) is 22.5 Å². The number of sulfonamides is 1. The summed E-state index contributed by atoms with van der Waals surface area (Å²) >= 11 is 6.07. The van der Waals surface area contributed by atoms with Crippen LogP contribution in [0.3, 0.4) is 0 Å². The molecule has 1 aliphatic heterocycles. The zero-order valence-corrected chi connectivity index (χ0v) is 16.2. The van der Waals surface area contributed by atoms with E-state index in [4.69, 9.17) is 21.1 Å². The van der Waals surface area contributed by atoms with Gasteiger partial charge in [0.1, 0.15) is 19.0 Å². The minimum Gasteiger partial charge on any atom is -0.490 e.